The molecule has 0 aromatic heterocycles. The maximum absolute atomic E-state index is 12.6. The molecule has 0 aliphatic carbocycles. The summed E-state index contributed by atoms with van der Waals surface area (Å²) in [5.41, 5.74) is 4.55. The Hall–Kier alpha value is -2.40. The van der Waals surface area contributed by atoms with Crippen LogP contribution in [0, 0.1) is 6.92 Å². The van der Waals surface area contributed by atoms with Crippen molar-refractivity contribution in [1.82, 2.24) is 0 Å². The van der Waals surface area contributed by atoms with Gasteiger partial charge in [-0.15, -0.1) is 12.4 Å². The maximum atomic E-state index is 12.6. The molecule has 0 spiro atoms. The van der Waals surface area contributed by atoms with Gasteiger partial charge in [0, 0.05) is 29.0 Å². The minimum Gasteiger partial charge on any atom is -0.496 e. The Bertz CT molecular complexity index is 752. The summed E-state index contributed by atoms with van der Waals surface area (Å²) in [6.07, 6.45) is 2.13. The van der Waals surface area contributed by atoms with Gasteiger partial charge in [0.15, 0.2) is 0 Å². The van der Waals surface area contributed by atoms with Gasteiger partial charge in [-0.25, -0.2) is 0 Å². The molecule has 1 heterocycles. The van der Waals surface area contributed by atoms with E-state index < -0.39 is 0 Å². The van der Waals surface area contributed by atoms with Gasteiger partial charge in [0.25, 0.3) is 5.91 Å². The fraction of sp³-hybridized carbons (Fsp3) is 0.316. The summed E-state index contributed by atoms with van der Waals surface area (Å²) in [6, 6.07) is 9.42. The number of carbonyl (C=O) groups is 1. The topological polar surface area (TPSA) is 59.6 Å². The monoisotopic (exact) mass is 362 g/mol. The summed E-state index contributed by atoms with van der Waals surface area (Å²) < 4.78 is 10.7. The van der Waals surface area contributed by atoms with Gasteiger partial charge < -0.3 is 20.1 Å². The van der Waals surface area contributed by atoms with Gasteiger partial charge in [0.1, 0.15) is 11.5 Å². The van der Waals surface area contributed by atoms with Crippen LogP contribution in [0.15, 0.2) is 30.3 Å². The van der Waals surface area contributed by atoms with Crippen LogP contribution in [-0.4, -0.2) is 26.7 Å². The van der Waals surface area contributed by atoms with Gasteiger partial charge >= 0.3 is 0 Å². The molecule has 0 unspecified atom stereocenters. The van der Waals surface area contributed by atoms with E-state index in [1.807, 2.05) is 25.1 Å². The van der Waals surface area contributed by atoms with E-state index in [9.17, 15) is 4.79 Å². The molecule has 0 saturated heterocycles. The van der Waals surface area contributed by atoms with Gasteiger partial charge in [-0.05, 0) is 55.7 Å². The minimum atomic E-state index is -0.185. The van der Waals surface area contributed by atoms with Crippen molar-refractivity contribution in [1.29, 1.82) is 0 Å². The van der Waals surface area contributed by atoms with E-state index in [-0.39, 0.29) is 18.3 Å². The first-order chi connectivity index (χ1) is 11.6. The number of hydrogen-bond acceptors (Lipinski definition) is 4. The molecule has 3 rings (SSSR count). The molecule has 6 heteroatoms. The van der Waals surface area contributed by atoms with Gasteiger partial charge in [0.05, 0.1) is 14.2 Å². The maximum Gasteiger partial charge on any atom is 0.255 e. The SMILES string of the molecule is COc1cc(C(=O)Nc2ccc3c(c2)CCCN3)cc(OC)c1C.Cl. The lowest BCUT2D eigenvalue weighted by Crippen LogP contribution is -2.15. The van der Waals surface area contributed by atoms with Crippen LogP contribution in [0.1, 0.15) is 27.9 Å². The van der Waals surface area contributed by atoms with Crippen LogP contribution < -0.4 is 20.1 Å². The summed E-state index contributed by atoms with van der Waals surface area (Å²) in [5.74, 6) is 1.08. The van der Waals surface area contributed by atoms with E-state index in [0.29, 0.717) is 17.1 Å². The number of methoxy groups -OCH3 is 2. The predicted molar refractivity (Wildman–Crippen MR) is 103 cm³/mol. The number of rotatable bonds is 4. The van der Waals surface area contributed by atoms with Crippen LogP contribution in [0.4, 0.5) is 11.4 Å². The average molecular weight is 363 g/mol. The Morgan fingerprint density at radius 2 is 1.80 bits per heavy atom. The third-order valence-corrected chi connectivity index (χ3v) is 4.32. The van der Waals surface area contributed by atoms with Crippen LogP contribution in [0.25, 0.3) is 0 Å². The average Bonchev–Trinajstić information content (AvgIpc) is 2.61. The predicted octanol–water partition coefficient (Wildman–Crippen LogP) is 4.04. The van der Waals surface area contributed by atoms with E-state index in [0.717, 1.165) is 36.3 Å². The molecule has 0 atom stereocenters. The van der Waals surface area contributed by atoms with Gasteiger partial charge in [-0.1, -0.05) is 0 Å². The molecule has 2 aromatic carbocycles. The molecule has 2 N–H and O–H groups in total. The number of anilines is 2. The van der Waals surface area contributed by atoms with E-state index >= 15 is 0 Å². The summed E-state index contributed by atoms with van der Waals surface area (Å²) in [5, 5.41) is 6.32. The zero-order chi connectivity index (χ0) is 17.1. The lowest BCUT2D eigenvalue weighted by molar-refractivity contribution is 0.102. The van der Waals surface area contributed by atoms with Crippen LogP contribution in [-0.2, 0) is 6.42 Å². The van der Waals surface area contributed by atoms with Crippen molar-refractivity contribution >= 4 is 29.7 Å². The molecule has 5 nitrogen and oxygen atoms in total. The molecular formula is C19H23ClN2O3. The number of amides is 1. The summed E-state index contributed by atoms with van der Waals surface area (Å²) in [6.45, 7) is 2.90. The molecule has 0 radical (unpaired) electrons. The first kappa shape index (κ1) is 18.9. The largest absolute Gasteiger partial charge is 0.496 e. The molecule has 0 saturated carbocycles. The number of ether oxygens (including phenoxy) is 2. The van der Waals surface area contributed by atoms with Gasteiger partial charge in [0.2, 0.25) is 0 Å². The standard InChI is InChI=1S/C19H22N2O3.ClH/c1-12-17(23-2)10-14(11-18(12)24-3)19(22)21-15-6-7-16-13(9-15)5-4-8-20-16;/h6-7,9-11,20H,4-5,8H2,1-3H3,(H,21,22);1H. The molecule has 0 bridgehead atoms. The Morgan fingerprint density at radius 1 is 1.12 bits per heavy atom. The normalized spacial score (nSPS) is 12.3. The third-order valence-electron chi connectivity index (χ3n) is 4.32. The Kier molecular flexibility index (Phi) is 6.15. The molecule has 1 amide bonds. The third kappa shape index (κ3) is 3.99. The van der Waals surface area contributed by atoms with Crippen molar-refractivity contribution in [3.05, 3.63) is 47.0 Å². The van der Waals surface area contributed by atoms with E-state index in [1.54, 1.807) is 26.4 Å². The number of benzene rings is 2. The van der Waals surface area contributed by atoms with Gasteiger partial charge in [-0.2, -0.15) is 0 Å². The fourth-order valence-corrected chi connectivity index (χ4v) is 2.97. The van der Waals surface area contributed by atoms with Crippen molar-refractivity contribution in [2.75, 3.05) is 31.4 Å². The number of aryl methyl sites for hydroxylation is 1. The first-order valence-electron chi connectivity index (χ1n) is 8.03. The smallest absolute Gasteiger partial charge is 0.255 e. The van der Waals surface area contributed by atoms with Crippen molar-refractivity contribution < 1.29 is 14.3 Å². The summed E-state index contributed by atoms with van der Waals surface area (Å²) in [7, 11) is 3.17. The highest BCUT2D eigenvalue weighted by Gasteiger charge is 2.15. The molecular weight excluding hydrogens is 340 g/mol. The van der Waals surface area contributed by atoms with Crippen LogP contribution in [0.2, 0.25) is 0 Å². The molecule has 0 fully saturated rings. The zero-order valence-corrected chi connectivity index (χ0v) is 15.5. The molecule has 134 valence electrons. The molecule has 1 aliphatic rings. The highest BCUT2D eigenvalue weighted by molar-refractivity contribution is 6.05. The first-order valence-corrected chi connectivity index (χ1v) is 8.03. The number of nitrogens with one attached hydrogen (secondary N) is 2. The highest BCUT2D eigenvalue weighted by Crippen LogP contribution is 2.30. The zero-order valence-electron chi connectivity index (χ0n) is 14.6. The minimum absolute atomic E-state index is 0. The lowest BCUT2D eigenvalue weighted by Gasteiger charge is -2.19. The number of halogens is 1. The number of fused-ring (bicyclic) bond motifs is 1. The Labute approximate surface area is 154 Å². The van der Waals surface area contributed by atoms with E-state index in [4.69, 9.17) is 9.47 Å². The summed E-state index contributed by atoms with van der Waals surface area (Å²) in [4.78, 5) is 12.6. The number of carbonyl (C=O) groups excluding carboxylic acids is 1. The Balaban J connectivity index is 0.00000225. The fourth-order valence-electron chi connectivity index (χ4n) is 2.97. The van der Waals surface area contributed by atoms with Crippen molar-refractivity contribution in [2.24, 2.45) is 0 Å². The van der Waals surface area contributed by atoms with E-state index in [1.165, 1.54) is 5.56 Å². The summed E-state index contributed by atoms with van der Waals surface area (Å²) >= 11 is 0. The highest BCUT2D eigenvalue weighted by atomic mass is 35.5. The molecule has 2 aromatic rings. The van der Waals surface area contributed by atoms with Crippen LogP contribution >= 0.6 is 12.4 Å². The quantitative estimate of drug-likeness (QED) is 0.861. The Morgan fingerprint density at radius 3 is 2.44 bits per heavy atom. The van der Waals surface area contributed by atoms with Crippen molar-refractivity contribution in [3.8, 4) is 11.5 Å². The second kappa shape index (κ2) is 8.12. The molecule has 1 aliphatic heterocycles. The van der Waals surface area contributed by atoms with Crippen LogP contribution in [0.3, 0.4) is 0 Å². The van der Waals surface area contributed by atoms with Crippen LogP contribution in [0.5, 0.6) is 11.5 Å². The second-order valence-electron chi connectivity index (χ2n) is 5.86. The van der Waals surface area contributed by atoms with Gasteiger partial charge in [-0.3, -0.25) is 4.79 Å². The number of hydrogen-bond donors (Lipinski definition) is 2. The van der Waals surface area contributed by atoms with Crippen molar-refractivity contribution in [2.45, 2.75) is 19.8 Å². The second-order valence-corrected chi connectivity index (χ2v) is 5.86. The van der Waals surface area contributed by atoms with E-state index in [2.05, 4.69) is 10.6 Å². The van der Waals surface area contributed by atoms with Crippen molar-refractivity contribution in [3.63, 3.8) is 0 Å². The lowest BCUT2D eigenvalue weighted by atomic mass is 10.0. The molecule has 25 heavy (non-hydrogen) atoms.